The highest BCUT2D eigenvalue weighted by Crippen LogP contribution is 2.29. The molecule has 2 rings (SSSR count). The first-order chi connectivity index (χ1) is 8.31. The zero-order chi connectivity index (χ0) is 12.1. The summed E-state index contributed by atoms with van der Waals surface area (Å²) in [7, 11) is 0. The lowest BCUT2D eigenvalue weighted by molar-refractivity contribution is -0.0237. The van der Waals surface area contributed by atoms with Gasteiger partial charge in [0.05, 0.1) is 12.2 Å². The van der Waals surface area contributed by atoms with Gasteiger partial charge in [0.15, 0.2) is 0 Å². The SMILES string of the molecule is CCC(N)C(OC1CCCC1)c1ccncc1. The standard InChI is InChI=1S/C14H22N2O/c1-2-13(15)14(11-7-9-16-10-8-11)17-12-5-3-4-6-12/h7-10,12-14H,2-6,15H2,1H3. The van der Waals surface area contributed by atoms with Crippen LogP contribution < -0.4 is 5.73 Å². The Morgan fingerprint density at radius 1 is 1.35 bits per heavy atom. The third-order valence-electron chi connectivity index (χ3n) is 3.54. The average molecular weight is 234 g/mol. The van der Waals surface area contributed by atoms with Crippen molar-refractivity contribution in [1.29, 1.82) is 0 Å². The van der Waals surface area contributed by atoms with Gasteiger partial charge < -0.3 is 10.5 Å². The number of nitrogens with zero attached hydrogens (tertiary/aromatic N) is 1. The van der Waals surface area contributed by atoms with E-state index in [2.05, 4.69) is 11.9 Å². The maximum absolute atomic E-state index is 6.20. The molecule has 1 heterocycles. The summed E-state index contributed by atoms with van der Waals surface area (Å²) in [5.74, 6) is 0. The van der Waals surface area contributed by atoms with Crippen molar-refractivity contribution in [2.45, 2.75) is 57.3 Å². The minimum atomic E-state index is 0.0195. The van der Waals surface area contributed by atoms with Crippen molar-refractivity contribution in [3.63, 3.8) is 0 Å². The molecular formula is C14H22N2O. The minimum absolute atomic E-state index is 0.0195. The van der Waals surface area contributed by atoms with Crippen LogP contribution in [0.3, 0.4) is 0 Å². The monoisotopic (exact) mass is 234 g/mol. The van der Waals surface area contributed by atoms with E-state index in [0.717, 1.165) is 12.0 Å². The molecule has 1 aromatic rings. The second-order valence-corrected chi connectivity index (χ2v) is 4.82. The summed E-state index contributed by atoms with van der Waals surface area (Å²) in [6.45, 7) is 2.11. The molecule has 1 saturated carbocycles. The summed E-state index contributed by atoms with van der Waals surface area (Å²) in [6.07, 6.45) is 9.89. The lowest BCUT2D eigenvalue weighted by atomic mass is 10.0. The van der Waals surface area contributed by atoms with Gasteiger partial charge in [-0.05, 0) is 37.0 Å². The highest BCUT2D eigenvalue weighted by atomic mass is 16.5. The quantitative estimate of drug-likeness (QED) is 0.852. The van der Waals surface area contributed by atoms with E-state index in [9.17, 15) is 0 Å². The van der Waals surface area contributed by atoms with E-state index in [0.29, 0.717) is 6.10 Å². The molecule has 17 heavy (non-hydrogen) atoms. The predicted octanol–water partition coefficient (Wildman–Crippen LogP) is 2.82. The summed E-state index contributed by atoms with van der Waals surface area (Å²) in [5, 5.41) is 0. The summed E-state index contributed by atoms with van der Waals surface area (Å²) < 4.78 is 6.20. The molecular weight excluding hydrogens is 212 g/mol. The Hall–Kier alpha value is -0.930. The van der Waals surface area contributed by atoms with Gasteiger partial charge in [0.25, 0.3) is 0 Å². The molecule has 1 aromatic heterocycles. The van der Waals surface area contributed by atoms with Gasteiger partial charge >= 0.3 is 0 Å². The molecule has 3 heteroatoms. The lowest BCUT2D eigenvalue weighted by Crippen LogP contribution is -2.31. The maximum atomic E-state index is 6.20. The summed E-state index contributed by atoms with van der Waals surface area (Å²) in [4.78, 5) is 4.05. The Bertz CT molecular complexity index is 322. The van der Waals surface area contributed by atoms with E-state index < -0.39 is 0 Å². The van der Waals surface area contributed by atoms with E-state index in [-0.39, 0.29) is 12.1 Å². The fourth-order valence-corrected chi connectivity index (χ4v) is 2.43. The zero-order valence-corrected chi connectivity index (χ0v) is 10.5. The van der Waals surface area contributed by atoms with Gasteiger partial charge in [0.2, 0.25) is 0 Å². The van der Waals surface area contributed by atoms with Crippen LogP contribution in [-0.4, -0.2) is 17.1 Å². The second-order valence-electron chi connectivity index (χ2n) is 4.82. The molecule has 1 fully saturated rings. The van der Waals surface area contributed by atoms with Crippen LogP contribution in [-0.2, 0) is 4.74 Å². The fraction of sp³-hybridized carbons (Fsp3) is 0.643. The Morgan fingerprint density at radius 2 is 2.00 bits per heavy atom. The molecule has 2 atom stereocenters. The summed E-state index contributed by atoms with van der Waals surface area (Å²) in [5.41, 5.74) is 7.34. The molecule has 0 aliphatic heterocycles. The molecule has 2 unspecified atom stereocenters. The molecule has 1 aliphatic rings. The number of hydrogen-bond donors (Lipinski definition) is 1. The Labute approximate surface area is 103 Å². The third kappa shape index (κ3) is 3.27. The van der Waals surface area contributed by atoms with Crippen LogP contribution in [0.25, 0.3) is 0 Å². The maximum Gasteiger partial charge on any atom is 0.0980 e. The largest absolute Gasteiger partial charge is 0.369 e. The molecule has 0 spiro atoms. The predicted molar refractivity (Wildman–Crippen MR) is 68.6 cm³/mol. The van der Waals surface area contributed by atoms with Crippen molar-refractivity contribution >= 4 is 0 Å². The number of rotatable bonds is 5. The van der Waals surface area contributed by atoms with Crippen molar-refractivity contribution in [2.24, 2.45) is 5.73 Å². The first-order valence-corrected chi connectivity index (χ1v) is 6.62. The van der Waals surface area contributed by atoms with Gasteiger partial charge in [-0.1, -0.05) is 19.8 Å². The average Bonchev–Trinajstić information content (AvgIpc) is 2.89. The molecule has 94 valence electrons. The Morgan fingerprint density at radius 3 is 2.59 bits per heavy atom. The first kappa shape index (κ1) is 12.5. The van der Waals surface area contributed by atoms with Gasteiger partial charge in [0.1, 0.15) is 0 Å². The highest BCUT2D eigenvalue weighted by molar-refractivity contribution is 5.15. The number of aromatic nitrogens is 1. The fourth-order valence-electron chi connectivity index (χ4n) is 2.43. The smallest absolute Gasteiger partial charge is 0.0980 e. The van der Waals surface area contributed by atoms with Gasteiger partial charge in [0, 0.05) is 18.4 Å². The van der Waals surface area contributed by atoms with Crippen LogP contribution in [0.4, 0.5) is 0 Å². The van der Waals surface area contributed by atoms with Crippen LogP contribution in [0.5, 0.6) is 0 Å². The van der Waals surface area contributed by atoms with Crippen molar-refractivity contribution in [1.82, 2.24) is 4.98 Å². The lowest BCUT2D eigenvalue weighted by Gasteiger charge is -2.27. The van der Waals surface area contributed by atoms with Crippen molar-refractivity contribution in [2.75, 3.05) is 0 Å². The normalized spacial score (nSPS) is 20.4. The molecule has 2 N–H and O–H groups in total. The van der Waals surface area contributed by atoms with Crippen molar-refractivity contribution in [3.8, 4) is 0 Å². The van der Waals surface area contributed by atoms with Gasteiger partial charge in [-0.25, -0.2) is 0 Å². The van der Waals surface area contributed by atoms with E-state index in [1.807, 2.05) is 24.5 Å². The zero-order valence-electron chi connectivity index (χ0n) is 10.5. The molecule has 0 amide bonds. The topological polar surface area (TPSA) is 48.1 Å². The van der Waals surface area contributed by atoms with Crippen molar-refractivity contribution < 1.29 is 4.74 Å². The highest BCUT2D eigenvalue weighted by Gasteiger charge is 2.25. The Kier molecular flexibility index (Phi) is 4.51. The number of hydrogen-bond acceptors (Lipinski definition) is 3. The number of ether oxygens (including phenoxy) is 1. The minimum Gasteiger partial charge on any atom is -0.369 e. The summed E-state index contributed by atoms with van der Waals surface area (Å²) in [6, 6.07) is 4.09. The molecule has 0 aromatic carbocycles. The van der Waals surface area contributed by atoms with E-state index in [1.165, 1.54) is 25.7 Å². The summed E-state index contributed by atoms with van der Waals surface area (Å²) >= 11 is 0. The van der Waals surface area contributed by atoms with Crippen LogP contribution in [0.15, 0.2) is 24.5 Å². The molecule has 1 aliphatic carbocycles. The first-order valence-electron chi connectivity index (χ1n) is 6.62. The molecule has 0 bridgehead atoms. The number of pyridine rings is 1. The molecule has 3 nitrogen and oxygen atoms in total. The van der Waals surface area contributed by atoms with Gasteiger partial charge in [-0.15, -0.1) is 0 Å². The number of nitrogens with two attached hydrogens (primary N) is 1. The van der Waals surface area contributed by atoms with E-state index in [1.54, 1.807) is 0 Å². The van der Waals surface area contributed by atoms with Crippen molar-refractivity contribution in [3.05, 3.63) is 30.1 Å². The molecule has 0 radical (unpaired) electrons. The molecule has 0 saturated heterocycles. The second kappa shape index (κ2) is 6.12. The third-order valence-corrected chi connectivity index (χ3v) is 3.54. The van der Waals surface area contributed by atoms with E-state index in [4.69, 9.17) is 10.5 Å². The van der Waals surface area contributed by atoms with E-state index >= 15 is 0 Å². The van der Waals surface area contributed by atoms with Crippen LogP contribution in [0.2, 0.25) is 0 Å². The van der Waals surface area contributed by atoms with Crippen LogP contribution >= 0.6 is 0 Å². The van der Waals surface area contributed by atoms with Gasteiger partial charge in [-0.2, -0.15) is 0 Å². The van der Waals surface area contributed by atoms with Crippen LogP contribution in [0, 0.1) is 0 Å². The van der Waals surface area contributed by atoms with Gasteiger partial charge in [-0.3, -0.25) is 4.98 Å². The Balaban J connectivity index is 2.07. The van der Waals surface area contributed by atoms with Crippen LogP contribution in [0.1, 0.15) is 50.7 Å².